The summed E-state index contributed by atoms with van der Waals surface area (Å²) < 4.78 is 8.95. The lowest BCUT2D eigenvalue weighted by Crippen LogP contribution is -2.08. The summed E-state index contributed by atoms with van der Waals surface area (Å²) in [7, 11) is 3.71. The Morgan fingerprint density at radius 1 is 1.29 bits per heavy atom. The number of aryl methyl sites for hydroxylation is 1. The van der Waals surface area contributed by atoms with Crippen LogP contribution in [-0.4, -0.2) is 30.9 Å². The van der Waals surface area contributed by atoms with Gasteiger partial charge in [-0.2, -0.15) is 0 Å². The third kappa shape index (κ3) is 2.64. The van der Waals surface area contributed by atoms with Crippen molar-refractivity contribution in [3.63, 3.8) is 0 Å². The van der Waals surface area contributed by atoms with Crippen molar-refractivity contribution in [2.24, 2.45) is 14.1 Å². The van der Waals surface area contributed by atoms with Crippen molar-refractivity contribution in [3.8, 4) is 11.6 Å². The average Bonchev–Trinajstić information content (AvgIpc) is 3.17. The second kappa shape index (κ2) is 5.61. The molecule has 0 aliphatic carbocycles. The Hall–Kier alpha value is -2.28. The van der Waals surface area contributed by atoms with Crippen molar-refractivity contribution in [2.75, 3.05) is 5.75 Å². The first kappa shape index (κ1) is 13.7. The molecule has 0 atom stereocenters. The van der Waals surface area contributed by atoms with Crippen molar-refractivity contribution in [3.05, 3.63) is 42.4 Å². The number of carbonyl (C=O) groups excluding carboxylic acids is 1. The summed E-state index contributed by atoms with van der Waals surface area (Å²) in [5, 5.41) is 8.89. The zero-order valence-electron chi connectivity index (χ0n) is 11.7. The smallest absolute Gasteiger partial charge is 0.200 e. The Morgan fingerprint density at radius 3 is 2.81 bits per heavy atom. The average molecular weight is 302 g/mol. The minimum Gasteiger partial charge on any atom is -0.461 e. The first-order valence-electron chi connectivity index (χ1n) is 6.37. The van der Waals surface area contributed by atoms with E-state index in [-0.39, 0.29) is 5.78 Å². The van der Waals surface area contributed by atoms with Gasteiger partial charge in [-0.3, -0.25) is 4.79 Å². The van der Waals surface area contributed by atoms with Gasteiger partial charge in [-0.1, -0.05) is 11.8 Å². The lowest BCUT2D eigenvalue weighted by Gasteiger charge is -2.03. The summed E-state index contributed by atoms with van der Waals surface area (Å²) in [6.07, 6.45) is 3.45. The molecule has 0 amide bonds. The highest BCUT2D eigenvalue weighted by Crippen LogP contribution is 2.23. The minimum atomic E-state index is 0.0649. The molecule has 7 heteroatoms. The maximum absolute atomic E-state index is 12.1. The van der Waals surface area contributed by atoms with E-state index in [0.717, 1.165) is 0 Å². The number of furan rings is 1. The molecule has 3 aromatic heterocycles. The zero-order chi connectivity index (χ0) is 14.8. The number of aromatic nitrogens is 4. The van der Waals surface area contributed by atoms with E-state index in [9.17, 15) is 4.79 Å². The molecular weight excluding hydrogens is 288 g/mol. The quantitative estimate of drug-likeness (QED) is 0.535. The van der Waals surface area contributed by atoms with Crippen molar-refractivity contribution >= 4 is 17.5 Å². The van der Waals surface area contributed by atoms with E-state index in [1.807, 2.05) is 47.6 Å². The molecule has 21 heavy (non-hydrogen) atoms. The van der Waals surface area contributed by atoms with Crippen LogP contribution in [0.15, 0.2) is 46.3 Å². The molecule has 0 N–H and O–H groups in total. The summed E-state index contributed by atoms with van der Waals surface area (Å²) >= 11 is 1.37. The Morgan fingerprint density at radius 2 is 2.14 bits per heavy atom. The number of thioether (sulfide) groups is 1. The molecule has 3 heterocycles. The van der Waals surface area contributed by atoms with Crippen molar-refractivity contribution in [1.82, 2.24) is 19.3 Å². The molecular formula is C14H14N4O2S. The van der Waals surface area contributed by atoms with Crippen LogP contribution in [0.1, 0.15) is 10.5 Å². The summed E-state index contributed by atoms with van der Waals surface area (Å²) in [4.78, 5) is 12.1. The fourth-order valence-electron chi connectivity index (χ4n) is 2.02. The Balaban J connectivity index is 1.72. The van der Waals surface area contributed by atoms with Crippen LogP contribution in [0.4, 0.5) is 0 Å². The van der Waals surface area contributed by atoms with Crippen molar-refractivity contribution in [1.29, 1.82) is 0 Å². The first-order valence-corrected chi connectivity index (χ1v) is 7.36. The molecule has 0 unspecified atom stereocenters. The van der Waals surface area contributed by atoms with E-state index in [1.165, 1.54) is 11.8 Å². The third-order valence-corrected chi connectivity index (χ3v) is 4.16. The van der Waals surface area contributed by atoms with Gasteiger partial charge in [-0.25, -0.2) is 0 Å². The molecule has 0 radical (unpaired) electrons. The summed E-state index contributed by atoms with van der Waals surface area (Å²) in [5.41, 5.74) is 0.691. The van der Waals surface area contributed by atoms with Gasteiger partial charge in [-0.15, -0.1) is 10.2 Å². The molecule has 0 saturated heterocycles. The van der Waals surface area contributed by atoms with Gasteiger partial charge in [0, 0.05) is 20.3 Å². The van der Waals surface area contributed by atoms with Crippen molar-refractivity contribution < 1.29 is 9.21 Å². The molecule has 3 rings (SSSR count). The Bertz CT molecular complexity index is 758. The normalized spacial score (nSPS) is 11.0. The van der Waals surface area contributed by atoms with E-state index in [2.05, 4.69) is 10.2 Å². The highest BCUT2D eigenvalue weighted by atomic mass is 32.2. The minimum absolute atomic E-state index is 0.0649. The lowest BCUT2D eigenvalue weighted by molar-refractivity contribution is 0.101. The number of rotatable bonds is 5. The molecule has 6 nitrogen and oxygen atoms in total. The van der Waals surface area contributed by atoms with Gasteiger partial charge in [-0.05, 0) is 24.3 Å². The fraction of sp³-hybridized carbons (Fsp3) is 0.214. The molecule has 0 spiro atoms. The number of carbonyl (C=O) groups is 1. The van der Waals surface area contributed by atoms with E-state index in [0.29, 0.717) is 28.2 Å². The van der Waals surface area contributed by atoms with Gasteiger partial charge in [0.25, 0.3) is 0 Å². The monoisotopic (exact) mass is 302 g/mol. The number of Topliss-reactive ketones (excluding diaryl/α,β-unsaturated/α-hetero) is 1. The topological polar surface area (TPSA) is 65.8 Å². The highest BCUT2D eigenvalue weighted by molar-refractivity contribution is 7.99. The predicted molar refractivity (Wildman–Crippen MR) is 79.2 cm³/mol. The van der Waals surface area contributed by atoms with E-state index < -0.39 is 0 Å². The maximum Gasteiger partial charge on any atom is 0.200 e. The summed E-state index contributed by atoms with van der Waals surface area (Å²) in [6, 6.07) is 7.30. The van der Waals surface area contributed by atoms with Crippen LogP contribution < -0.4 is 0 Å². The number of hydrogen-bond donors (Lipinski definition) is 0. The van der Waals surface area contributed by atoms with Crippen LogP contribution in [0.25, 0.3) is 11.6 Å². The molecule has 0 aliphatic heterocycles. The van der Waals surface area contributed by atoms with Crippen LogP contribution in [0.5, 0.6) is 0 Å². The standard InChI is InChI=1S/C14H14N4O2S/c1-17-7-3-5-10(17)11(19)9-21-14-16-15-13(18(14)2)12-6-4-8-20-12/h3-8H,9H2,1-2H3. The lowest BCUT2D eigenvalue weighted by atomic mass is 10.3. The molecule has 108 valence electrons. The Labute approximate surface area is 125 Å². The number of nitrogens with zero attached hydrogens (tertiary/aromatic N) is 4. The van der Waals surface area contributed by atoms with Crippen molar-refractivity contribution in [2.45, 2.75) is 5.16 Å². The van der Waals surface area contributed by atoms with Gasteiger partial charge in [0.15, 0.2) is 22.5 Å². The highest BCUT2D eigenvalue weighted by Gasteiger charge is 2.16. The summed E-state index contributed by atoms with van der Waals surface area (Å²) in [5.74, 6) is 1.69. The first-order chi connectivity index (χ1) is 10.2. The summed E-state index contributed by atoms with van der Waals surface area (Å²) in [6.45, 7) is 0. The maximum atomic E-state index is 12.1. The van der Waals surface area contributed by atoms with Gasteiger partial charge in [0.1, 0.15) is 0 Å². The van der Waals surface area contributed by atoms with Crippen LogP contribution in [0.3, 0.4) is 0 Å². The molecule has 0 bridgehead atoms. The Kier molecular flexibility index (Phi) is 3.66. The van der Waals surface area contributed by atoms with Gasteiger partial charge in [0.2, 0.25) is 0 Å². The second-order valence-corrected chi connectivity index (χ2v) is 5.50. The van der Waals surface area contributed by atoms with Crippen LogP contribution in [-0.2, 0) is 14.1 Å². The van der Waals surface area contributed by atoms with E-state index >= 15 is 0 Å². The van der Waals surface area contributed by atoms with E-state index in [1.54, 1.807) is 12.3 Å². The third-order valence-electron chi connectivity index (χ3n) is 3.14. The molecule has 3 aromatic rings. The van der Waals surface area contributed by atoms with Crippen LogP contribution in [0, 0.1) is 0 Å². The van der Waals surface area contributed by atoms with Gasteiger partial charge in [0.05, 0.1) is 17.7 Å². The van der Waals surface area contributed by atoms with E-state index in [4.69, 9.17) is 4.42 Å². The number of hydrogen-bond acceptors (Lipinski definition) is 5. The number of ketones is 1. The van der Waals surface area contributed by atoms with Gasteiger partial charge < -0.3 is 13.6 Å². The SMILES string of the molecule is Cn1cccc1C(=O)CSc1nnc(-c2ccco2)n1C. The largest absolute Gasteiger partial charge is 0.461 e. The molecule has 0 aliphatic rings. The van der Waals surface area contributed by atoms with Crippen LogP contribution >= 0.6 is 11.8 Å². The zero-order valence-corrected chi connectivity index (χ0v) is 12.5. The second-order valence-electron chi connectivity index (χ2n) is 4.56. The molecule has 0 aromatic carbocycles. The molecule has 0 fully saturated rings. The fourth-order valence-corrected chi connectivity index (χ4v) is 2.80. The predicted octanol–water partition coefficient (Wildman–Crippen LogP) is 2.39. The van der Waals surface area contributed by atoms with Crippen LogP contribution in [0.2, 0.25) is 0 Å². The molecule has 0 saturated carbocycles. The van der Waals surface area contributed by atoms with Gasteiger partial charge >= 0.3 is 0 Å².